The van der Waals surface area contributed by atoms with Crippen molar-refractivity contribution in [2.75, 3.05) is 52.2 Å². The zero-order valence-corrected chi connectivity index (χ0v) is 29.6. The zero-order chi connectivity index (χ0) is 36.5. The van der Waals surface area contributed by atoms with E-state index in [-0.39, 0.29) is 29.3 Å². The predicted molar refractivity (Wildman–Crippen MR) is 194 cm³/mol. The second kappa shape index (κ2) is 16.9. The van der Waals surface area contributed by atoms with Crippen LogP contribution in [0.15, 0.2) is 52.1 Å². The average molecular weight is 701 g/mol. The van der Waals surface area contributed by atoms with Crippen LogP contribution in [-0.4, -0.2) is 68.4 Å². The van der Waals surface area contributed by atoms with Crippen LogP contribution in [0.25, 0.3) is 22.0 Å². The fourth-order valence-corrected chi connectivity index (χ4v) is 6.37. The maximum Gasteiger partial charge on any atom is 0.277 e. The molecule has 0 fully saturated rings. The molecule has 0 saturated carbocycles. The number of unbranched alkanes of at least 4 members (excludes halogenated alkanes) is 2. The van der Waals surface area contributed by atoms with Crippen LogP contribution in [0, 0.1) is 0 Å². The highest BCUT2D eigenvalue weighted by atomic mass is 16.5. The Bertz CT molecular complexity index is 2030. The highest BCUT2D eigenvalue weighted by Gasteiger charge is 2.29. The number of carbonyl (C=O) groups excluding carboxylic acids is 2. The molecule has 4 aromatic rings. The third-order valence-electron chi connectivity index (χ3n) is 8.82. The Kier molecular flexibility index (Phi) is 12.2. The maximum absolute atomic E-state index is 13.5. The van der Waals surface area contributed by atoms with Gasteiger partial charge in [0.25, 0.3) is 5.56 Å². The number of nitrogens with one attached hydrogen (secondary N) is 3. The van der Waals surface area contributed by atoms with Gasteiger partial charge >= 0.3 is 0 Å². The van der Waals surface area contributed by atoms with Gasteiger partial charge in [0.2, 0.25) is 23.0 Å². The van der Waals surface area contributed by atoms with Crippen LogP contribution in [0.1, 0.15) is 56.2 Å². The van der Waals surface area contributed by atoms with Gasteiger partial charge in [-0.25, -0.2) is 4.68 Å². The quantitative estimate of drug-likeness (QED) is 0.152. The van der Waals surface area contributed by atoms with Crippen LogP contribution in [0.5, 0.6) is 17.2 Å². The van der Waals surface area contributed by atoms with Crippen LogP contribution < -0.4 is 41.1 Å². The Morgan fingerprint density at radius 2 is 1.75 bits per heavy atom. The molecule has 1 aliphatic carbocycles. The minimum Gasteiger partial charge on any atom is -0.493 e. The molecule has 0 spiro atoms. The van der Waals surface area contributed by atoms with Crippen LogP contribution in [0.2, 0.25) is 0 Å². The fourth-order valence-electron chi connectivity index (χ4n) is 6.37. The van der Waals surface area contributed by atoms with Crippen LogP contribution in [0.4, 0.5) is 11.4 Å². The van der Waals surface area contributed by atoms with Gasteiger partial charge in [-0.1, -0.05) is 17.7 Å². The lowest BCUT2D eigenvalue weighted by Gasteiger charge is -2.19. The molecule has 1 heterocycles. The molecule has 3 aromatic carbocycles. The van der Waals surface area contributed by atoms with E-state index in [2.05, 4.69) is 26.3 Å². The first-order valence-electron chi connectivity index (χ1n) is 16.9. The molecule has 14 nitrogen and oxygen atoms in total. The molecule has 0 aliphatic heterocycles. The summed E-state index contributed by atoms with van der Waals surface area (Å²) in [6.07, 6.45) is 3.59. The van der Waals surface area contributed by atoms with Crippen LogP contribution in [0.3, 0.4) is 0 Å². The number of aryl methyl sites for hydroxylation is 1. The summed E-state index contributed by atoms with van der Waals surface area (Å²) in [5, 5.41) is 17.5. The molecule has 1 aliphatic rings. The van der Waals surface area contributed by atoms with E-state index in [4.69, 9.17) is 18.9 Å². The minimum atomic E-state index is -0.395. The van der Waals surface area contributed by atoms with Gasteiger partial charge < -0.3 is 34.9 Å². The second-order valence-electron chi connectivity index (χ2n) is 12.2. The SMILES string of the molecule is COCCn1nnc2ccc(NC(=O)CCCCCNc3ccc4c(cc3=O)[C@@H](NC(C)=O)CCc3cc(OC)c(OC)c(OC)c3-4)cc2c1=O. The molecule has 0 unspecified atom stereocenters. The van der Waals surface area contributed by atoms with E-state index in [9.17, 15) is 19.2 Å². The molecule has 51 heavy (non-hydrogen) atoms. The Hall–Kier alpha value is -5.50. The Balaban J connectivity index is 1.24. The molecule has 0 bridgehead atoms. The predicted octanol–water partition coefficient (Wildman–Crippen LogP) is 4.23. The van der Waals surface area contributed by atoms with Gasteiger partial charge in [0.1, 0.15) is 5.52 Å². The number of hydrogen-bond acceptors (Lipinski definition) is 11. The number of anilines is 2. The number of benzene rings is 2. The first-order chi connectivity index (χ1) is 24.7. The molecule has 1 atom stereocenters. The van der Waals surface area contributed by atoms with Gasteiger partial charge in [-0.2, -0.15) is 0 Å². The number of amides is 2. The number of methoxy groups -OCH3 is 4. The number of ether oxygens (including phenoxy) is 4. The molecule has 3 N–H and O–H groups in total. The van der Waals surface area contributed by atoms with Crippen molar-refractivity contribution in [1.29, 1.82) is 0 Å². The van der Waals surface area contributed by atoms with Crippen molar-refractivity contribution in [2.45, 2.75) is 58.0 Å². The molecule has 1 aromatic heterocycles. The summed E-state index contributed by atoms with van der Waals surface area (Å²) in [4.78, 5) is 51.2. The third-order valence-corrected chi connectivity index (χ3v) is 8.82. The summed E-state index contributed by atoms with van der Waals surface area (Å²) in [7, 11) is 6.22. The number of carbonyl (C=O) groups is 2. The van der Waals surface area contributed by atoms with E-state index in [1.807, 2.05) is 12.1 Å². The normalized spacial score (nSPS) is 13.4. The lowest BCUT2D eigenvalue weighted by Crippen LogP contribution is -2.26. The van der Waals surface area contributed by atoms with Crippen molar-refractivity contribution in [3.05, 3.63) is 74.2 Å². The molecule has 0 saturated heterocycles. The molecule has 0 radical (unpaired) electrons. The zero-order valence-electron chi connectivity index (χ0n) is 29.6. The lowest BCUT2D eigenvalue weighted by atomic mass is 9.95. The van der Waals surface area contributed by atoms with Crippen molar-refractivity contribution in [2.24, 2.45) is 0 Å². The number of fused-ring (bicyclic) bond motifs is 4. The highest BCUT2D eigenvalue weighted by Crippen LogP contribution is 2.50. The van der Waals surface area contributed by atoms with Gasteiger partial charge in [0, 0.05) is 38.2 Å². The molecule has 270 valence electrons. The van der Waals surface area contributed by atoms with E-state index < -0.39 is 6.04 Å². The van der Waals surface area contributed by atoms with E-state index >= 15 is 0 Å². The third kappa shape index (κ3) is 8.46. The fraction of sp³-hybridized carbons (Fsp3) is 0.405. The second-order valence-corrected chi connectivity index (χ2v) is 12.2. The van der Waals surface area contributed by atoms with Gasteiger partial charge in [0.05, 0.1) is 51.6 Å². The number of rotatable bonds is 15. The first kappa shape index (κ1) is 36.8. The summed E-state index contributed by atoms with van der Waals surface area (Å²) in [5.74, 6) is 1.11. The molecule has 14 heteroatoms. The minimum absolute atomic E-state index is 0.166. The van der Waals surface area contributed by atoms with Crippen LogP contribution in [-0.2, 0) is 27.3 Å². The van der Waals surface area contributed by atoms with Crippen molar-refractivity contribution in [3.63, 3.8) is 0 Å². The molecular formula is C37H44N6O8. The topological polar surface area (TPSA) is 172 Å². The summed E-state index contributed by atoms with van der Waals surface area (Å²) < 4.78 is 23.4. The largest absolute Gasteiger partial charge is 0.493 e. The smallest absolute Gasteiger partial charge is 0.277 e. The number of nitrogens with zero attached hydrogens (tertiary/aromatic N) is 3. The summed E-state index contributed by atoms with van der Waals surface area (Å²) in [6.45, 7) is 2.59. The van der Waals surface area contributed by atoms with E-state index in [1.54, 1.807) is 58.8 Å². The highest BCUT2D eigenvalue weighted by molar-refractivity contribution is 5.93. The summed E-state index contributed by atoms with van der Waals surface area (Å²) in [5.41, 5.74) is 4.05. The van der Waals surface area contributed by atoms with Gasteiger partial charge in [-0.15, -0.1) is 5.10 Å². The van der Waals surface area contributed by atoms with Gasteiger partial charge in [-0.3, -0.25) is 19.2 Å². The summed E-state index contributed by atoms with van der Waals surface area (Å²) in [6, 6.07) is 11.7. The number of aromatic nitrogens is 3. The molecule has 5 rings (SSSR count). The van der Waals surface area contributed by atoms with Gasteiger partial charge in [0.15, 0.2) is 11.5 Å². The van der Waals surface area contributed by atoms with Gasteiger partial charge in [-0.05, 0) is 78.8 Å². The lowest BCUT2D eigenvalue weighted by molar-refractivity contribution is -0.119. The van der Waals surface area contributed by atoms with Crippen molar-refractivity contribution in [1.82, 2.24) is 20.3 Å². The van der Waals surface area contributed by atoms with E-state index in [1.165, 1.54) is 11.6 Å². The van der Waals surface area contributed by atoms with E-state index in [0.717, 1.165) is 29.5 Å². The van der Waals surface area contributed by atoms with Crippen LogP contribution >= 0.6 is 0 Å². The first-order valence-corrected chi connectivity index (χ1v) is 16.9. The Morgan fingerprint density at radius 3 is 2.47 bits per heavy atom. The number of hydrogen-bond donors (Lipinski definition) is 3. The van der Waals surface area contributed by atoms with E-state index in [0.29, 0.717) is 83.9 Å². The van der Waals surface area contributed by atoms with Crippen molar-refractivity contribution >= 4 is 34.1 Å². The molecule has 2 amide bonds. The molecular weight excluding hydrogens is 656 g/mol. The van der Waals surface area contributed by atoms with Crippen molar-refractivity contribution in [3.8, 4) is 28.4 Å². The maximum atomic E-state index is 13.5. The monoisotopic (exact) mass is 700 g/mol. The Labute approximate surface area is 295 Å². The average Bonchev–Trinajstić information content (AvgIpc) is 3.36. The standard InChI is InChI=1S/C37H44N6O8/c1-22(44)39-28-13-10-23-19-32(49-3)35(50-4)36(51-5)34(23)25-12-15-30(31(45)21-26(25)28)38-16-8-6-7-9-33(46)40-24-11-14-29-27(20-24)37(47)43(42-41-29)17-18-48-2/h11-12,14-15,19-21,28H,6-10,13,16-18H2,1-5H3,(H,38,45)(H,39,44)(H,40,46)/t28-/m0/s1. The summed E-state index contributed by atoms with van der Waals surface area (Å²) >= 11 is 0. The van der Waals surface area contributed by atoms with Crippen molar-refractivity contribution < 1.29 is 28.5 Å². The Morgan fingerprint density at radius 1 is 0.941 bits per heavy atom.